The Hall–Kier alpha value is -0.600. The summed E-state index contributed by atoms with van der Waals surface area (Å²) in [6.07, 6.45) is 5.00. The Morgan fingerprint density at radius 2 is 2.17 bits per heavy atom. The molecular weight excluding hydrogens is 249 g/mol. The van der Waals surface area contributed by atoms with E-state index >= 15 is 0 Å². The molecule has 18 heavy (non-hydrogen) atoms. The molecule has 1 atom stereocenters. The molecule has 0 bridgehead atoms. The maximum absolute atomic E-state index is 13.7. The normalized spacial score (nSPS) is 23.0. The molecular formula is C15H21ClFN. The fourth-order valence-electron chi connectivity index (χ4n) is 2.77. The highest BCUT2D eigenvalue weighted by Crippen LogP contribution is 2.35. The van der Waals surface area contributed by atoms with Crippen molar-refractivity contribution in [1.82, 2.24) is 5.32 Å². The van der Waals surface area contributed by atoms with E-state index in [-0.39, 0.29) is 5.82 Å². The zero-order valence-electron chi connectivity index (χ0n) is 11.1. The van der Waals surface area contributed by atoms with Crippen molar-refractivity contribution in [2.45, 2.75) is 52.1 Å². The standard InChI is InChI=1S/C15H21ClFN/c1-15(2)8-4-3-5-14(15)18-10-11-6-7-12(16)9-13(11)17/h6-7,9,14,18H,3-5,8,10H2,1-2H3. The summed E-state index contributed by atoms with van der Waals surface area (Å²) in [4.78, 5) is 0. The number of hydrogen-bond donors (Lipinski definition) is 1. The van der Waals surface area contributed by atoms with Gasteiger partial charge in [0.2, 0.25) is 0 Å². The Morgan fingerprint density at radius 1 is 1.39 bits per heavy atom. The predicted octanol–water partition coefficient (Wildman–Crippen LogP) is 4.54. The van der Waals surface area contributed by atoms with Crippen LogP contribution in [0, 0.1) is 11.2 Å². The van der Waals surface area contributed by atoms with Gasteiger partial charge in [0.15, 0.2) is 0 Å². The second kappa shape index (κ2) is 5.58. The van der Waals surface area contributed by atoms with Crippen molar-refractivity contribution in [2.24, 2.45) is 5.41 Å². The van der Waals surface area contributed by atoms with Crippen molar-refractivity contribution in [3.63, 3.8) is 0 Å². The Labute approximate surface area is 114 Å². The van der Waals surface area contributed by atoms with Crippen molar-refractivity contribution in [3.05, 3.63) is 34.6 Å². The zero-order chi connectivity index (χ0) is 13.2. The van der Waals surface area contributed by atoms with Gasteiger partial charge >= 0.3 is 0 Å². The maximum atomic E-state index is 13.7. The second-order valence-corrected chi connectivity index (χ2v) is 6.34. The van der Waals surface area contributed by atoms with E-state index < -0.39 is 0 Å². The van der Waals surface area contributed by atoms with Gasteiger partial charge in [-0.1, -0.05) is 44.4 Å². The minimum Gasteiger partial charge on any atom is -0.309 e. The summed E-state index contributed by atoms with van der Waals surface area (Å²) < 4.78 is 13.7. The summed E-state index contributed by atoms with van der Waals surface area (Å²) in [7, 11) is 0. The highest BCUT2D eigenvalue weighted by atomic mass is 35.5. The lowest BCUT2D eigenvalue weighted by atomic mass is 9.73. The second-order valence-electron chi connectivity index (χ2n) is 5.90. The summed E-state index contributed by atoms with van der Waals surface area (Å²) in [6, 6.07) is 5.36. The van der Waals surface area contributed by atoms with Gasteiger partial charge in [0.1, 0.15) is 5.82 Å². The van der Waals surface area contributed by atoms with E-state index in [1.807, 2.05) is 0 Å². The number of halogens is 2. The van der Waals surface area contributed by atoms with Crippen LogP contribution in [0.25, 0.3) is 0 Å². The number of nitrogens with one attached hydrogen (secondary N) is 1. The molecule has 1 N–H and O–H groups in total. The van der Waals surface area contributed by atoms with Crippen LogP contribution in [-0.2, 0) is 6.54 Å². The summed E-state index contributed by atoms with van der Waals surface area (Å²) in [5, 5.41) is 3.96. The molecule has 1 aromatic carbocycles. The van der Waals surface area contributed by atoms with E-state index in [0.717, 1.165) is 0 Å². The van der Waals surface area contributed by atoms with Crippen LogP contribution in [0.3, 0.4) is 0 Å². The van der Waals surface area contributed by atoms with Crippen molar-refractivity contribution >= 4 is 11.6 Å². The molecule has 0 radical (unpaired) electrons. The summed E-state index contributed by atoms with van der Waals surface area (Å²) in [6.45, 7) is 5.17. The average molecular weight is 270 g/mol. The lowest BCUT2D eigenvalue weighted by Gasteiger charge is -2.39. The van der Waals surface area contributed by atoms with Gasteiger partial charge in [-0.2, -0.15) is 0 Å². The number of benzene rings is 1. The number of hydrogen-bond acceptors (Lipinski definition) is 1. The largest absolute Gasteiger partial charge is 0.309 e. The fourth-order valence-corrected chi connectivity index (χ4v) is 2.93. The first-order valence-corrected chi connectivity index (χ1v) is 7.04. The molecule has 1 aliphatic rings. The molecule has 2 rings (SSSR count). The van der Waals surface area contributed by atoms with Crippen LogP contribution in [0.15, 0.2) is 18.2 Å². The summed E-state index contributed by atoms with van der Waals surface area (Å²) >= 11 is 5.75. The molecule has 1 unspecified atom stereocenters. The van der Waals surface area contributed by atoms with Gasteiger partial charge in [0.05, 0.1) is 0 Å². The van der Waals surface area contributed by atoms with Crippen molar-refractivity contribution in [3.8, 4) is 0 Å². The van der Waals surface area contributed by atoms with Crippen molar-refractivity contribution < 1.29 is 4.39 Å². The Kier molecular flexibility index (Phi) is 4.29. The molecule has 0 spiro atoms. The van der Waals surface area contributed by atoms with Gasteiger partial charge in [0, 0.05) is 23.2 Å². The third-order valence-electron chi connectivity index (χ3n) is 4.06. The SMILES string of the molecule is CC1(C)CCCCC1NCc1ccc(Cl)cc1F. The minimum atomic E-state index is -0.219. The molecule has 0 aliphatic heterocycles. The van der Waals surface area contributed by atoms with Crippen LogP contribution in [0.2, 0.25) is 5.02 Å². The molecule has 1 nitrogen and oxygen atoms in total. The fraction of sp³-hybridized carbons (Fsp3) is 0.600. The maximum Gasteiger partial charge on any atom is 0.129 e. The molecule has 0 heterocycles. The quantitative estimate of drug-likeness (QED) is 0.850. The van der Waals surface area contributed by atoms with Gasteiger partial charge in [-0.15, -0.1) is 0 Å². The average Bonchev–Trinajstić information content (AvgIpc) is 2.29. The first-order chi connectivity index (χ1) is 8.49. The lowest BCUT2D eigenvalue weighted by Crippen LogP contribution is -2.43. The van der Waals surface area contributed by atoms with E-state index in [4.69, 9.17) is 11.6 Å². The van der Waals surface area contributed by atoms with Gasteiger partial charge in [-0.3, -0.25) is 0 Å². The van der Waals surface area contributed by atoms with Crippen molar-refractivity contribution in [2.75, 3.05) is 0 Å². The molecule has 0 amide bonds. The van der Waals surface area contributed by atoms with Gasteiger partial charge in [-0.25, -0.2) is 4.39 Å². The van der Waals surface area contributed by atoms with Crippen LogP contribution in [-0.4, -0.2) is 6.04 Å². The Morgan fingerprint density at radius 3 is 2.83 bits per heavy atom. The van der Waals surface area contributed by atoms with E-state index in [2.05, 4.69) is 19.2 Å². The van der Waals surface area contributed by atoms with E-state index in [9.17, 15) is 4.39 Å². The monoisotopic (exact) mass is 269 g/mol. The molecule has 1 saturated carbocycles. The third kappa shape index (κ3) is 3.24. The van der Waals surface area contributed by atoms with Crippen LogP contribution in [0.5, 0.6) is 0 Å². The van der Waals surface area contributed by atoms with Gasteiger partial charge < -0.3 is 5.32 Å². The molecule has 1 fully saturated rings. The molecule has 1 aliphatic carbocycles. The van der Waals surface area contributed by atoms with E-state index in [1.54, 1.807) is 12.1 Å². The molecule has 0 saturated heterocycles. The highest BCUT2D eigenvalue weighted by molar-refractivity contribution is 6.30. The first-order valence-electron chi connectivity index (χ1n) is 6.66. The van der Waals surface area contributed by atoms with Crippen LogP contribution >= 0.6 is 11.6 Å². The van der Waals surface area contributed by atoms with Gasteiger partial charge in [-0.05, 0) is 30.4 Å². The van der Waals surface area contributed by atoms with Crippen LogP contribution in [0.4, 0.5) is 4.39 Å². The first kappa shape index (κ1) is 13.8. The predicted molar refractivity (Wildman–Crippen MR) is 74.3 cm³/mol. The van der Waals surface area contributed by atoms with E-state index in [1.165, 1.54) is 31.7 Å². The lowest BCUT2D eigenvalue weighted by molar-refractivity contribution is 0.166. The Bertz CT molecular complexity index is 417. The van der Waals surface area contributed by atoms with Crippen LogP contribution < -0.4 is 5.32 Å². The van der Waals surface area contributed by atoms with E-state index in [0.29, 0.717) is 28.6 Å². The van der Waals surface area contributed by atoms with Crippen LogP contribution in [0.1, 0.15) is 45.1 Å². The molecule has 0 aromatic heterocycles. The summed E-state index contributed by atoms with van der Waals surface area (Å²) in [5.41, 5.74) is 1.00. The third-order valence-corrected chi connectivity index (χ3v) is 4.30. The highest BCUT2D eigenvalue weighted by Gasteiger charge is 2.31. The smallest absolute Gasteiger partial charge is 0.129 e. The molecule has 3 heteroatoms. The topological polar surface area (TPSA) is 12.0 Å². The molecule has 1 aromatic rings. The zero-order valence-corrected chi connectivity index (χ0v) is 11.9. The van der Waals surface area contributed by atoms with Gasteiger partial charge in [0.25, 0.3) is 0 Å². The Balaban J connectivity index is 1.98. The number of rotatable bonds is 3. The van der Waals surface area contributed by atoms with Crippen molar-refractivity contribution in [1.29, 1.82) is 0 Å². The summed E-state index contributed by atoms with van der Waals surface area (Å²) in [5.74, 6) is -0.219. The molecule has 100 valence electrons. The minimum absolute atomic E-state index is 0.219.